The number of rotatable bonds is 6. The van der Waals surface area contributed by atoms with Crippen LogP contribution in [0.5, 0.6) is 23.0 Å². The number of anilines is 1. The molecular weight excluding hydrogens is 441 g/mol. The molecule has 2 aromatic heterocycles. The summed E-state index contributed by atoms with van der Waals surface area (Å²) in [7, 11) is 3.06. The molecule has 1 N–H and O–H groups in total. The largest absolute Gasteiger partial charge is 0.493 e. The number of nitrogens with one attached hydrogen (secondary N) is 1. The van der Waals surface area contributed by atoms with Crippen molar-refractivity contribution in [3.63, 3.8) is 0 Å². The first-order valence-electron chi connectivity index (χ1n) is 10.2. The maximum Gasteiger partial charge on any atom is 0.257 e. The molecule has 170 valence electrons. The summed E-state index contributed by atoms with van der Waals surface area (Å²) in [5.74, 6) is 0.641. The molecule has 0 unspecified atom stereocenters. The maximum atomic E-state index is 15.5. The minimum absolute atomic E-state index is 0.00356. The number of hydrogen-bond acceptors (Lipinski definition) is 7. The number of benzene rings is 3. The van der Waals surface area contributed by atoms with Crippen LogP contribution in [0, 0.1) is 5.82 Å². The minimum atomic E-state index is -0.598. The zero-order valence-corrected chi connectivity index (χ0v) is 18.2. The Hall–Kier alpha value is -4.66. The van der Waals surface area contributed by atoms with Gasteiger partial charge in [0.2, 0.25) is 0 Å². The van der Waals surface area contributed by atoms with Crippen molar-refractivity contribution in [3.8, 4) is 23.0 Å². The van der Waals surface area contributed by atoms with E-state index in [9.17, 15) is 4.79 Å². The Morgan fingerprint density at radius 1 is 0.912 bits per heavy atom. The number of fused-ring (bicyclic) bond motifs is 2. The number of halogens is 1. The van der Waals surface area contributed by atoms with E-state index in [2.05, 4.69) is 15.5 Å². The molecule has 9 heteroatoms. The molecule has 34 heavy (non-hydrogen) atoms. The molecule has 8 nitrogen and oxygen atoms in total. The van der Waals surface area contributed by atoms with Gasteiger partial charge in [0.15, 0.2) is 28.9 Å². The van der Waals surface area contributed by atoms with Crippen molar-refractivity contribution < 1.29 is 27.9 Å². The molecule has 0 bridgehead atoms. The van der Waals surface area contributed by atoms with Gasteiger partial charge >= 0.3 is 0 Å². The van der Waals surface area contributed by atoms with E-state index in [1.54, 1.807) is 48.7 Å². The molecule has 1 amide bonds. The molecule has 0 spiro atoms. The normalized spacial score (nSPS) is 10.9. The van der Waals surface area contributed by atoms with Gasteiger partial charge in [0, 0.05) is 34.7 Å². The van der Waals surface area contributed by atoms with E-state index >= 15 is 4.39 Å². The fourth-order valence-electron chi connectivity index (χ4n) is 3.69. The van der Waals surface area contributed by atoms with Crippen molar-refractivity contribution in [1.29, 1.82) is 0 Å². The summed E-state index contributed by atoms with van der Waals surface area (Å²) in [5, 5.41) is 7.58. The average Bonchev–Trinajstić information content (AvgIpc) is 3.37. The van der Waals surface area contributed by atoms with Crippen LogP contribution >= 0.6 is 0 Å². The Morgan fingerprint density at radius 3 is 2.50 bits per heavy atom. The number of aromatic nitrogens is 2. The third-order valence-electron chi connectivity index (χ3n) is 5.31. The SMILES string of the molecule is COc1cc2nccc(Oc3ccc4c(C(=O)Nc5ccon5)cccc4c3F)c2cc1OC. The zero-order chi connectivity index (χ0) is 23.7. The lowest BCUT2D eigenvalue weighted by atomic mass is 10.0. The monoisotopic (exact) mass is 459 g/mol. The summed E-state index contributed by atoms with van der Waals surface area (Å²) < 4.78 is 36.9. The summed E-state index contributed by atoms with van der Waals surface area (Å²) in [4.78, 5) is 17.0. The van der Waals surface area contributed by atoms with Gasteiger partial charge in [-0.1, -0.05) is 17.3 Å². The van der Waals surface area contributed by atoms with Gasteiger partial charge in [0.1, 0.15) is 12.0 Å². The van der Waals surface area contributed by atoms with Gasteiger partial charge < -0.3 is 24.1 Å². The molecule has 3 aromatic carbocycles. The van der Waals surface area contributed by atoms with Crippen molar-refractivity contribution in [1.82, 2.24) is 10.1 Å². The summed E-state index contributed by atoms with van der Waals surface area (Å²) in [6.45, 7) is 0. The molecule has 0 aliphatic heterocycles. The van der Waals surface area contributed by atoms with Crippen LogP contribution in [0.3, 0.4) is 0 Å². The third-order valence-corrected chi connectivity index (χ3v) is 5.31. The summed E-state index contributed by atoms with van der Waals surface area (Å²) in [6.07, 6.45) is 2.91. The molecule has 0 aliphatic carbocycles. The molecule has 0 fully saturated rings. The first-order valence-corrected chi connectivity index (χ1v) is 10.2. The Bertz CT molecular complexity index is 1520. The van der Waals surface area contributed by atoms with Crippen LogP contribution in [-0.4, -0.2) is 30.3 Å². The van der Waals surface area contributed by atoms with E-state index in [1.807, 2.05) is 0 Å². The van der Waals surface area contributed by atoms with Crippen LogP contribution in [0.1, 0.15) is 10.4 Å². The van der Waals surface area contributed by atoms with Crippen LogP contribution in [0.2, 0.25) is 0 Å². The van der Waals surface area contributed by atoms with E-state index in [-0.39, 0.29) is 22.5 Å². The highest BCUT2D eigenvalue weighted by atomic mass is 19.1. The Labute approximate surface area is 192 Å². The fourth-order valence-corrected chi connectivity index (χ4v) is 3.69. The number of carbonyl (C=O) groups is 1. The number of carbonyl (C=O) groups excluding carboxylic acids is 1. The molecule has 5 rings (SSSR count). The van der Waals surface area contributed by atoms with Crippen molar-refractivity contribution >= 4 is 33.4 Å². The van der Waals surface area contributed by atoms with Crippen LogP contribution < -0.4 is 19.5 Å². The second-order valence-corrected chi connectivity index (χ2v) is 7.25. The average molecular weight is 459 g/mol. The third kappa shape index (κ3) is 3.73. The molecular formula is C25H18FN3O5. The highest BCUT2D eigenvalue weighted by molar-refractivity contribution is 6.12. The molecule has 0 saturated carbocycles. The van der Waals surface area contributed by atoms with Gasteiger partial charge in [-0.3, -0.25) is 9.78 Å². The van der Waals surface area contributed by atoms with E-state index in [4.69, 9.17) is 18.7 Å². The van der Waals surface area contributed by atoms with Crippen LogP contribution in [0.15, 0.2) is 71.6 Å². The van der Waals surface area contributed by atoms with E-state index in [1.165, 1.54) is 32.6 Å². The molecule has 0 saturated heterocycles. The predicted octanol–water partition coefficient (Wildman–Crippen LogP) is 5.58. The van der Waals surface area contributed by atoms with E-state index in [0.717, 1.165) is 0 Å². The standard InChI is InChI=1S/C25H18FN3O5/c1-31-21-12-17-18(13-22(21)32-2)27-10-8-19(17)34-20-7-6-14-15(24(20)26)4-3-5-16(14)25(30)28-23-9-11-33-29-23/h3-13H,1-2H3,(H,28,29,30). The number of amides is 1. The Morgan fingerprint density at radius 2 is 1.74 bits per heavy atom. The minimum Gasteiger partial charge on any atom is -0.493 e. The highest BCUT2D eigenvalue weighted by Crippen LogP contribution is 2.38. The smallest absolute Gasteiger partial charge is 0.257 e. The first-order chi connectivity index (χ1) is 16.6. The lowest BCUT2D eigenvalue weighted by molar-refractivity contribution is 0.102. The molecule has 0 atom stereocenters. The topological polar surface area (TPSA) is 95.7 Å². The Kier molecular flexibility index (Phi) is 5.43. The van der Waals surface area contributed by atoms with Gasteiger partial charge in [-0.05, 0) is 35.7 Å². The second kappa shape index (κ2) is 8.70. The highest BCUT2D eigenvalue weighted by Gasteiger charge is 2.18. The first kappa shape index (κ1) is 21.2. The van der Waals surface area contributed by atoms with Crippen molar-refractivity contribution in [2.75, 3.05) is 19.5 Å². The van der Waals surface area contributed by atoms with Crippen LogP contribution in [0.25, 0.3) is 21.7 Å². The fraction of sp³-hybridized carbons (Fsp3) is 0.0800. The zero-order valence-electron chi connectivity index (χ0n) is 18.2. The summed E-state index contributed by atoms with van der Waals surface area (Å²) in [5.41, 5.74) is 0.889. The summed E-state index contributed by atoms with van der Waals surface area (Å²) in [6, 6.07) is 14.5. The number of hydrogen-bond donors (Lipinski definition) is 1. The van der Waals surface area contributed by atoms with Gasteiger partial charge in [0.25, 0.3) is 5.91 Å². The lowest BCUT2D eigenvalue weighted by Crippen LogP contribution is -2.12. The van der Waals surface area contributed by atoms with Gasteiger partial charge in [0.05, 0.1) is 19.7 Å². The van der Waals surface area contributed by atoms with Gasteiger partial charge in [-0.15, -0.1) is 0 Å². The van der Waals surface area contributed by atoms with Gasteiger partial charge in [-0.2, -0.15) is 0 Å². The predicted molar refractivity (Wildman–Crippen MR) is 123 cm³/mol. The number of ether oxygens (including phenoxy) is 3. The Balaban J connectivity index is 1.54. The second-order valence-electron chi connectivity index (χ2n) is 7.25. The van der Waals surface area contributed by atoms with E-state index in [0.29, 0.717) is 33.5 Å². The number of nitrogens with zero attached hydrogens (tertiary/aromatic N) is 2. The molecule has 5 aromatic rings. The van der Waals surface area contributed by atoms with Crippen molar-refractivity contribution in [2.24, 2.45) is 0 Å². The van der Waals surface area contributed by atoms with Gasteiger partial charge in [-0.25, -0.2) is 4.39 Å². The lowest BCUT2D eigenvalue weighted by Gasteiger charge is -2.14. The molecule has 2 heterocycles. The number of methoxy groups -OCH3 is 2. The molecule has 0 radical (unpaired) electrons. The quantitative estimate of drug-likeness (QED) is 0.354. The van der Waals surface area contributed by atoms with Crippen LogP contribution in [-0.2, 0) is 0 Å². The summed E-state index contributed by atoms with van der Waals surface area (Å²) >= 11 is 0. The van der Waals surface area contributed by atoms with Crippen molar-refractivity contribution in [3.05, 3.63) is 78.4 Å². The maximum absolute atomic E-state index is 15.5. The van der Waals surface area contributed by atoms with Crippen LogP contribution in [0.4, 0.5) is 10.2 Å². The molecule has 0 aliphatic rings. The van der Waals surface area contributed by atoms with Crippen molar-refractivity contribution in [2.45, 2.75) is 0 Å². The van der Waals surface area contributed by atoms with E-state index < -0.39 is 11.7 Å². The number of pyridine rings is 1.